The van der Waals surface area contributed by atoms with Crippen molar-refractivity contribution >= 4 is 35.1 Å². The topological polar surface area (TPSA) is 131 Å². The van der Waals surface area contributed by atoms with Gasteiger partial charge in [-0.1, -0.05) is 30.3 Å². The Bertz CT molecular complexity index is 2070. The summed E-state index contributed by atoms with van der Waals surface area (Å²) in [4.78, 5) is 42.3. The summed E-state index contributed by atoms with van der Waals surface area (Å²) in [5, 5.41) is 3.19. The Hall–Kier alpha value is -5.99. The molecule has 14 nitrogen and oxygen atoms in total. The van der Waals surface area contributed by atoms with Crippen LogP contribution in [-0.4, -0.2) is 99.3 Å². The van der Waals surface area contributed by atoms with Gasteiger partial charge in [0.15, 0.2) is 0 Å². The first-order valence-corrected chi connectivity index (χ1v) is 19.0. The Morgan fingerprint density at radius 3 is 1.95 bits per heavy atom. The minimum atomic E-state index is -0.233. The van der Waals surface area contributed by atoms with Crippen LogP contribution in [0, 0.1) is 6.92 Å². The number of benzene rings is 3. The first-order chi connectivity index (χ1) is 27.4. The van der Waals surface area contributed by atoms with E-state index in [0.29, 0.717) is 83.3 Å². The number of carbonyl (C=O) groups is 1. The van der Waals surface area contributed by atoms with Crippen molar-refractivity contribution in [2.24, 2.45) is 0 Å². The van der Waals surface area contributed by atoms with Gasteiger partial charge in [-0.05, 0) is 66.4 Å². The number of morpholine rings is 2. The molecule has 3 aromatic carbocycles. The summed E-state index contributed by atoms with van der Waals surface area (Å²) in [7, 11) is 3.33. The van der Waals surface area contributed by atoms with E-state index < -0.39 is 0 Å². The molecule has 0 aliphatic carbocycles. The Morgan fingerprint density at radius 1 is 0.768 bits per heavy atom. The lowest BCUT2D eigenvalue weighted by Crippen LogP contribution is -2.38. The summed E-state index contributed by atoms with van der Waals surface area (Å²) in [5.41, 5.74) is 7.37. The molecule has 14 heteroatoms. The summed E-state index contributed by atoms with van der Waals surface area (Å²) in [6.45, 7) is 9.10. The van der Waals surface area contributed by atoms with E-state index in [1.165, 1.54) is 0 Å². The van der Waals surface area contributed by atoms with E-state index in [9.17, 15) is 4.79 Å². The molecule has 3 aliphatic heterocycles. The number of aryl methyl sites for hydroxylation is 1. The van der Waals surface area contributed by atoms with E-state index >= 15 is 0 Å². The van der Waals surface area contributed by atoms with E-state index in [1.807, 2.05) is 55.7 Å². The lowest BCUT2D eigenvalue weighted by Gasteiger charge is -2.29. The maximum absolute atomic E-state index is 14.1. The zero-order valence-electron chi connectivity index (χ0n) is 32.1. The Morgan fingerprint density at radius 2 is 1.36 bits per heavy atom. The minimum Gasteiger partial charge on any atom is -0.497 e. The van der Waals surface area contributed by atoms with Crippen LogP contribution in [-0.2, 0) is 29.0 Å². The number of amides is 2. The molecule has 2 amide bonds. The van der Waals surface area contributed by atoms with Crippen LogP contribution in [0.15, 0.2) is 79.1 Å². The SMILES string of the molecule is COc1ccc(CN(Cc2ccc(OC)cc2)c2ncc(-c3nc(N4CCOCC4)nc4c3CCN4C(=O)Nc3cc(N4CCOCC4)ccc3C)cn2)cc1. The van der Waals surface area contributed by atoms with Crippen LogP contribution in [0.4, 0.5) is 33.9 Å². The number of hydrogen-bond donors (Lipinski definition) is 1. The molecule has 1 N–H and O–H groups in total. The standard InChI is InChI=1S/C42H47N9O5/c1-29-4-9-33(48-16-20-55-21-17-48)24-37(29)45-42(52)51-15-14-36-38(46-41(47-39(36)51)49-18-22-56-23-19-49)32-25-43-40(44-26-32)50(27-30-5-10-34(53-2)11-6-30)28-31-7-12-35(54-3)13-8-31/h4-13,24-26H,14-23,27-28H2,1-3H3,(H,45,52). The zero-order chi connectivity index (χ0) is 38.4. The van der Waals surface area contributed by atoms with Crippen molar-refractivity contribution < 1.29 is 23.7 Å². The van der Waals surface area contributed by atoms with Gasteiger partial charge in [0.05, 0.1) is 46.3 Å². The van der Waals surface area contributed by atoms with Gasteiger partial charge in [-0.25, -0.2) is 19.7 Å². The molecule has 0 spiro atoms. The third-order valence-corrected chi connectivity index (χ3v) is 10.5. The Kier molecular flexibility index (Phi) is 11.1. The predicted octanol–water partition coefficient (Wildman–Crippen LogP) is 5.73. The fraction of sp³-hybridized carbons (Fsp3) is 0.357. The minimum absolute atomic E-state index is 0.233. The average Bonchev–Trinajstić information content (AvgIpc) is 3.69. The van der Waals surface area contributed by atoms with Crippen LogP contribution >= 0.6 is 0 Å². The molecule has 2 fully saturated rings. The summed E-state index contributed by atoms with van der Waals surface area (Å²) in [5.74, 6) is 3.33. The second-order valence-electron chi connectivity index (χ2n) is 14.0. The number of aromatic nitrogens is 4. The Balaban J connectivity index is 1.09. The van der Waals surface area contributed by atoms with Gasteiger partial charge >= 0.3 is 6.03 Å². The largest absolute Gasteiger partial charge is 0.497 e. The third kappa shape index (κ3) is 8.16. The fourth-order valence-electron chi connectivity index (χ4n) is 7.24. The summed E-state index contributed by atoms with van der Waals surface area (Å²) < 4.78 is 22.0. The lowest BCUT2D eigenvalue weighted by atomic mass is 10.1. The lowest BCUT2D eigenvalue weighted by molar-refractivity contribution is 0.122. The monoisotopic (exact) mass is 757 g/mol. The number of hydrogen-bond acceptors (Lipinski definition) is 12. The van der Waals surface area contributed by atoms with Crippen LogP contribution in [0.1, 0.15) is 22.3 Å². The first-order valence-electron chi connectivity index (χ1n) is 19.0. The quantitative estimate of drug-likeness (QED) is 0.177. The molecule has 2 saturated heterocycles. The highest BCUT2D eigenvalue weighted by atomic mass is 16.5. The predicted molar refractivity (Wildman–Crippen MR) is 216 cm³/mol. The number of methoxy groups -OCH3 is 2. The van der Waals surface area contributed by atoms with Gasteiger partial charge in [0.25, 0.3) is 0 Å². The highest BCUT2D eigenvalue weighted by Gasteiger charge is 2.32. The first kappa shape index (κ1) is 37.0. The molecule has 8 rings (SSSR count). The molecule has 56 heavy (non-hydrogen) atoms. The molecule has 0 atom stereocenters. The van der Waals surface area contributed by atoms with Crippen LogP contribution in [0.25, 0.3) is 11.3 Å². The van der Waals surface area contributed by atoms with Crippen LogP contribution < -0.4 is 34.4 Å². The van der Waals surface area contributed by atoms with E-state index in [4.69, 9.17) is 38.9 Å². The number of rotatable bonds is 11. The molecule has 0 radical (unpaired) electrons. The van der Waals surface area contributed by atoms with Gasteiger partial charge in [-0.2, -0.15) is 4.98 Å². The number of ether oxygens (including phenoxy) is 4. The Labute approximate surface area is 327 Å². The highest BCUT2D eigenvalue weighted by Crippen LogP contribution is 2.36. The molecule has 5 aromatic rings. The molecule has 0 saturated carbocycles. The maximum Gasteiger partial charge on any atom is 0.327 e. The second-order valence-corrected chi connectivity index (χ2v) is 14.0. The van der Waals surface area contributed by atoms with Crippen molar-refractivity contribution in [3.8, 4) is 22.8 Å². The number of nitrogens with zero attached hydrogens (tertiary/aromatic N) is 8. The van der Waals surface area contributed by atoms with E-state index in [0.717, 1.165) is 69.5 Å². The average molecular weight is 758 g/mol. The van der Waals surface area contributed by atoms with Gasteiger partial charge in [-0.3, -0.25) is 4.90 Å². The molecule has 0 bridgehead atoms. The smallest absolute Gasteiger partial charge is 0.327 e. The van der Waals surface area contributed by atoms with Gasteiger partial charge < -0.3 is 39.0 Å². The molecule has 290 valence electrons. The van der Waals surface area contributed by atoms with Gasteiger partial charge in [0.2, 0.25) is 11.9 Å². The van der Waals surface area contributed by atoms with E-state index in [2.05, 4.69) is 50.3 Å². The fourth-order valence-corrected chi connectivity index (χ4v) is 7.24. The molecule has 2 aromatic heterocycles. The van der Waals surface area contributed by atoms with Crippen molar-refractivity contribution in [2.75, 3.05) is 98.3 Å². The molecular weight excluding hydrogens is 711 g/mol. The van der Waals surface area contributed by atoms with Crippen molar-refractivity contribution in [1.82, 2.24) is 19.9 Å². The summed E-state index contributed by atoms with van der Waals surface area (Å²) >= 11 is 0. The zero-order valence-corrected chi connectivity index (χ0v) is 32.1. The second kappa shape index (κ2) is 16.8. The number of urea groups is 1. The number of nitrogens with one attached hydrogen (secondary N) is 1. The van der Waals surface area contributed by atoms with Crippen molar-refractivity contribution in [3.63, 3.8) is 0 Å². The highest BCUT2D eigenvalue weighted by molar-refractivity contribution is 6.03. The maximum atomic E-state index is 14.1. The van der Waals surface area contributed by atoms with Crippen molar-refractivity contribution in [2.45, 2.75) is 26.4 Å². The molecule has 0 unspecified atom stereocenters. The van der Waals surface area contributed by atoms with Crippen LogP contribution in [0.3, 0.4) is 0 Å². The van der Waals surface area contributed by atoms with Crippen LogP contribution in [0.5, 0.6) is 11.5 Å². The summed E-state index contributed by atoms with van der Waals surface area (Å²) in [6, 6.07) is 22.0. The van der Waals surface area contributed by atoms with Gasteiger partial charge in [-0.15, -0.1) is 0 Å². The van der Waals surface area contributed by atoms with E-state index in [-0.39, 0.29) is 6.03 Å². The number of carbonyl (C=O) groups excluding carboxylic acids is 1. The van der Waals surface area contributed by atoms with Crippen molar-refractivity contribution in [1.29, 1.82) is 0 Å². The number of anilines is 5. The van der Waals surface area contributed by atoms with Crippen molar-refractivity contribution in [3.05, 3.63) is 101 Å². The van der Waals surface area contributed by atoms with Gasteiger partial charge in [0.1, 0.15) is 17.3 Å². The van der Waals surface area contributed by atoms with Gasteiger partial charge in [0, 0.05) is 80.7 Å². The summed E-state index contributed by atoms with van der Waals surface area (Å²) in [6.07, 6.45) is 4.25. The molecular formula is C42H47N9O5. The normalized spacial score (nSPS) is 15.4. The molecule has 5 heterocycles. The van der Waals surface area contributed by atoms with E-state index in [1.54, 1.807) is 19.1 Å². The number of fused-ring (bicyclic) bond motifs is 1. The molecule has 3 aliphatic rings. The third-order valence-electron chi connectivity index (χ3n) is 10.5. The van der Waals surface area contributed by atoms with Crippen LogP contribution in [0.2, 0.25) is 0 Å².